The fourth-order valence-electron chi connectivity index (χ4n) is 3.05. The van der Waals surface area contributed by atoms with Crippen molar-refractivity contribution in [2.24, 2.45) is 0 Å². The van der Waals surface area contributed by atoms with E-state index >= 15 is 0 Å². The number of hydrogen-bond donors (Lipinski definition) is 1. The average molecular weight is 395 g/mol. The van der Waals surface area contributed by atoms with Crippen molar-refractivity contribution in [2.75, 3.05) is 6.54 Å². The molecule has 1 aromatic carbocycles. The molecular weight excluding hydrogens is 374 g/mol. The Morgan fingerprint density at radius 2 is 1.80 bits per heavy atom. The van der Waals surface area contributed by atoms with Crippen LogP contribution in [0.25, 0.3) is 23.0 Å². The van der Waals surface area contributed by atoms with Crippen molar-refractivity contribution in [1.82, 2.24) is 25.1 Å². The van der Waals surface area contributed by atoms with Crippen LogP contribution in [-0.2, 0) is 11.2 Å². The second-order valence-corrected chi connectivity index (χ2v) is 6.68. The Hall–Kier alpha value is -4.06. The van der Waals surface area contributed by atoms with Gasteiger partial charge < -0.3 is 5.32 Å². The fourth-order valence-corrected chi connectivity index (χ4v) is 3.05. The van der Waals surface area contributed by atoms with Crippen molar-refractivity contribution in [1.29, 1.82) is 0 Å². The highest BCUT2D eigenvalue weighted by Gasteiger charge is 2.11. The number of amides is 1. The van der Waals surface area contributed by atoms with E-state index in [1.807, 2.05) is 65.5 Å². The van der Waals surface area contributed by atoms with Crippen LogP contribution in [0, 0.1) is 0 Å². The summed E-state index contributed by atoms with van der Waals surface area (Å²) >= 11 is 0. The molecule has 0 bridgehead atoms. The molecule has 3 heterocycles. The Morgan fingerprint density at radius 1 is 0.967 bits per heavy atom. The molecule has 1 amide bonds. The lowest BCUT2D eigenvalue weighted by atomic mass is 10.1. The summed E-state index contributed by atoms with van der Waals surface area (Å²) in [5, 5.41) is 7.63. The zero-order valence-electron chi connectivity index (χ0n) is 16.3. The first-order valence-electron chi connectivity index (χ1n) is 9.70. The number of aromatic nitrogens is 4. The molecule has 0 spiro atoms. The lowest BCUT2D eigenvalue weighted by Crippen LogP contribution is -2.23. The SMILES string of the molecule is O=C(/C=C/c1cn(-c2ccccc2)nc1-c1cccnc1)NCCc1ccncc1. The highest BCUT2D eigenvalue weighted by atomic mass is 16.1. The minimum Gasteiger partial charge on any atom is -0.352 e. The molecule has 0 aliphatic carbocycles. The van der Waals surface area contributed by atoms with Gasteiger partial charge in [0.05, 0.1) is 5.69 Å². The minimum atomic E-state index is -0.145. The summed E-state index contributed by atoms with van der Waals surface area (Å²) in [7, 11) is 0. The van der Waals surface area contributed by atoms with Gasteiger partial charge in [-0.25, -0.2) is 4.68 Å². The van der Waals surface area contributed by atoms with Gasteiger partial charge in [-0.05, 0) is 54.5 Å². The number of para-hydroxylation sites is 1. The fraction of sp³-hybridized carbons (Fsp3) is 0.0833. The summed E-state index contributed by atoms with van der Waals surface area (Å²) in [6.07, 6.45) is 13.0. The molecule has 148 valence electrons. The first kappa shape index (κ1) is 19.3. The monoisotopic (exact) mass is 395 g/mol. The number of hydrogen-bond acceptors (Lipinski definition) is 4. The molecular formula is C24H21N5O. The number of rotatable bonds is 7. The van der Waals surface area contributed by atoms with Crippen LogP contribution in [0.4, 0.5) is 0 Å². The van der Waals surface area contributed by atoms with Crippen LogP contribution in [0.2, 0.25) is 0 Å². The summed E-state index contributed by atoms with van der Waals surface area (Å²) in [6, 6.07) is 17.6. The highest BCUT2D eigenvalue weighted by Crippen LogP contribution is 2.24. The number of pyridine rings is 2. The quantitative estimate of drug-likeness (QED) is 0.484. The summed E-state index contributed by atoms with van der Waals surface area (Å²) in [4.78, 5) is 20.5. The molecule has 0 fully saturated rings. The van der Waals surface area contributed by atoms with E-state index in [-0.39, 0.29) is 5.91 Å². The van der Waals surface area contributed by atoms with E-state index in [1.165, 1.54) is 0 Å². The topological polar surface area (TPSA) is 72.7 Å². The molecule has 0 unspecified atom stereocenters. The second kappa shape index (κ2) is 9.43. The van der Waals surface area contributed by atoms with Crippen LogP contribution in [-0.4, -0.2) is 32.2 Å². The number of benzene rings is 1. The number of nitrogens with zero attached hydrogens (tertiary/aromatic N) is 4. The van der Waals surface area contributed by atoms with Gasteiger partial charge in [0.25, 0.3) is 0 Å². The maximum atomic E-state index is 12.3. The molecule has 0 radical (unpaired) electrons. The summed E-state index contributed by atoms with van der Waals surface area (Å²) < 4.78 is 1.81. The zero-order valence-corrected chi connectivity index (χ0v) is 16.3. The Labute approximate surface area is 174 Å². The zero-order chi connectivity index (χ0) is 20.6. The van der Waals surface area contributed by atoms with Gasteiger partial charge in [-0.15, -0.1) is 0 Å². The Bertz CT molecular complexity index is 1120. The smallest absolute Gasteiger partial charge is 0.244 e. The van der Waals surface area contributed by atoms with Crippen molar-refractivity contribution in [3.8, 4) is 16.9 Å². The van der Waals surface area contributed by atoms with E-state index in [1.54, 1.807) is 36.9 Å². The van der Waals surface area contributed by atoms with E-state index in [2.05, 4.69) is 15.3 Å². The third-order valence-electron chi connectivity index (χ3n) is 4.57. The van der Waals surface area contributed by atoms with Gasteiger partial charge in [-0.3, -0.25) is 14.8 Å². The van der Waals surface area contributed by atoms with Crippen molar-refractivity contribution in [3.63, 3.8) is 0 Å². The van der Waals surface area contributed by atoms with E-state index in [4.69, 9.17) is 5.10 Å². The van der Waals surface area contributed by atoms with Gasteiger partial charge in [-0.2, -0.15) is 5.10 Å². The molecule has 0 saturated carbocycles. The van der Waals surface area contributed by atoms with Gasteiger partial charge in [0.2, 0.25) is 5.91 Å². The maximum absolute atomic E-state index is 12.3. The maximum Gasteiger partial charge on any atom is 0.244 e. The third-order valence-corrected chi connectivity index (χ3v) is 4.57. The molecule has 6 heteroatoms. The molecule has 6 nitrogen and oxygen atoms in total. The largest absolute Gasteiger partial charge is 0.352 e. The van der Waals surface area contributed by atoms with Crippen LogP contribution >= 0.6 is 0 Å². The molecule has 3 aromatic heterocycles. The van der Waals surface area contributed by atoms with Crippen molar-refractivity contribution in [3.05, 3.63) is 103 Å². The lowest BCUT2D eigenvalue weighted by Gasteiger charge is -2.02. The third kappa shape index (κ3) is 4.86. The first-order chi connectivity index (χ1) is 14.8. The Balaban J connectivity index is 1.50. The predicted molar refractivity (Wildman–Crippen MR) is 117 cm³/mol. The molecule has 4 aromatic rings. The minimum absolute atomic E-state index is 0.145. The Morgan fingerprint density at radius 3 is 2.57 bits per heavy atom. The number of nitrogens with one attached hydrogen (secondary N) is 1. The van der Waals surface area contributed by atoms with Gasteiger partial charge >= 0.3 is 0 Å². The predicted octanol–water partition coefficient (Wildman–Crippen LogP) is 3.70. The normalized spacial score (nSPS) is 10.9. The van der Waals surface area contributed by atoms with Crippen molar-refractivity contribution in [2.45, 2.75) is 6.42 Å². The average Bonchev–Trinajstić information content (AvgIpc) is 3.24. The summed E-state index contributed by atoms with van der Waals surface area (Å²) in [5.41, 5.74) is 4.59. The number of carbonyl (C=O) groups is 1. The lowest BCUT2D eigenvalue weighted by molar-refractivity contribution is -0.116. The van der Waals surface area contributed by atoms with E-state index in [9.17, 15) is 4.79 Å². The molecule has 1 N–H and O–H groups in total. The standard InChI is InChI=1S/C24H21N5O/c30-23(27-16-12-19-10-14-25-15-11-19)9-8-21-18-29(22-6-2-1-3-7-22)28-24(21)20-5-4-13-26-17-20/h1-11,13-15,17-18H,12,16H2,(H,27,30)/b9-8+. The Kier molecular flexibility index (Phi) is 6.05. The molecule has 0 saturated heterocycles. The molecule has 0 aliphatic rings. The van der Waals surface area contributed by atoms with Gasteiger partial charge in [0.15, 0.2) is 0 Å². The van der Waals surface area contributed by atoms with Gasteiger partial charge in [0, 0.05) is 54.7 Å². The molecule has 0 aliphatic heterocycles. The molecule has 4 rings (SSSR count). The van der Waals surface area contributed by atoms with Crippen LogP contribution in [0.5, 0.6) is 0 Å². The molecule has 30 heavy (non-hydrogen) atoms. The van der Waals surface area contributed by atoms with Gasteiger partial charge in [-0.1, -0.05) is 18.2 Å². The van der Waals surface area contributed by atoms with E-state index < -0.39 is 0 Å². The van der Waals surface area contributed by atoms with Crippen LogP contribution < -0.4 is 5.32 Å². The van der Waals surface area contributed by atoms with E-state index in [0.717, 1.165) is 34.5 Å². The first-order valence-corrected chi connectivity index (χ1v) is 9.70. The van der Waals surface area contributed by atoms with Crippen molar-refractivity contribution < 1.29 is 4.79 Å². The van der Waals surface area contributed by atoms with Crippen LogP contribution in [0.1, 0.15) is 11.1 Å². The number of carbonyl (C=O) groups excluding carboxylic acids is 1. The second-order valence-electron chi connectivity index (χ2n) is 6.68. The van der Waals surface area contributed by atoms with Crippen molar-refractivity contribution >= 4 is 12.0 Å². The summed E-state index contributed by atoms with van der Waals surface area (Å²) in [5.74, 6) is -0.145. The van der Waals surface area contributed by atoms with E-state index in [0.29, 0.717) is 6.54 Å². The van der Waals surface area contributed by atoms with Crippen LogP contribution in [0.3, 0.4) is 0 Å². The molecule has 0 atom stereocenters. The van der Waals surface area contributed by atoms with Crippen LogP contribution in [0.15, 0.2) is 91.7 Å². The highest BCUT2D eigenvalue weighted by molar-refractivity contribution is 5.92. The summed E-state index contributed by atoms with van der Waals surface area (Å²) in [6.45, 7) is 0.561. The van der Waals surface area contributed by atoms with Gasteiger partial charge in [0.1, 0.15) is 5.69 Å².